The number of amides is 1. The van der Waals surface area contributed by atoms with Crippen LogP contribution in [0.25, 0.3) is 0 Å². The highest BCUT2D eigenvalue weighted by atomic mass is 32.2. The van der Waals surface area contributed by atoms with Gasteiger partial charge in [-0.2, -0.15) is 9.41 Å². The van der Waals surface area contributed by atoms with Crippen molar-refractivity contribution in [2.75, 3.05) is 18.8 Å². The van der Waals surface area contributed by atoms with Crippen LogP contribution in [0.2, 0.25) is 0 Å². The molecule has 0 radical (unpaired) electrons. The molecule has 2 aromatic rings. The van der Waals surface area contributed by atoms with Gasteiger partial charge in [-0.05, 0) is 61.7 Å². The first-order valence-electron chi connectivity index (χ1n) is 9.19. The van der Waals surface area contributed by atoms with E-state index in [-0.39, 0.29) is 10.8 Å². The summed E-state index contributed by atoms with van der Waals surface area (Å²) in [6, 6.07) is 13.1. The average molecular weight is 401 g/mol. The van der Waals surface area contributed by atoms with E-state index in [0.717, 1.165) is 24.8 Å². The molecular formula is C20H24N4O3S. The Hall–Kier alpha value is -2.71. The van der Waals surface area contributed by atoms with Gasteiger partial charge in [-0.3, -0.25) is 4.79 Å². The zero-order valence-corrected chi connectivity index (χ0v) is 16.6. The summed E-state index contributed by atoms with van der Waals surface area (Å²) in [5.74, 6) is -0.344. The van der Waals surface area contributed by atoms with Gasteiger partial charge in [-0.1, -0.05) is 18.6 Å². The summed E-state index contributed by atoms with van der Waals surface area (Å²) >= 11 is 0. The van der Waals surface area contributed by atoms with Gasteiger partial charge in [0, 0.05) is 24.3 Å². The second kappa shape index (κ2) is 8.53. The molecule has 1 amide bonds. The van der Waals surface area contributed by atoms with E-state index in [1.807, 2.05) is 0 Å². The number of hydrogen-bond donors (Lipinski definition) is 2. The maximum atomic E-state index is 12.7. The Labute approximate surface area is 165 Å². The fourth-order valence-electron chi connectivity index (χ4n) is 3.02. The molecule has 28 heavy (non-hydrogen) atoms. The SMILES string of the molecule is C/C(=N/NC(=O)c1ccc(N)cc1)c1ccc(S(=O)(=O)N2CCCCC2)cc1. The Bertz CT molecular complexity index is 962. The maximum Gasteiger partial charge on any atom is 0.271 e. The molecule has 0 bridgehead atoms. The molecule has 0 atom stereocenters. The minimum Gasteiger partial charge on any atom is -0.399 e. The Kier molecular flexibility index (Phi) is 6.11. The minimum absolute atomic E-state index is 0.275. The Morgan fingerprint density at radius 3 is 2.14 bits per heavy atom. The number of nitrogens with one attached hydrogen (secondary N) is 1. The molecule has 1 saturated heterocycles. The number of benzene rings is 2. The number of carbonyl (C=O) groups is 1. The summed E-state index contributed by atoms with van der Waals surface area (Å²) in [5, 5.41) is 4.10. The van der Waals surface area contributed by atoms with Gasteiger partial charge in [0.15, 0.2) is 0 Å². The van der Waals surface area contributed by atoms with Crippen molar-refractivity contribution in [3.63, 3.8) is 0 Å². The van der Waals surface area contributed by atoms with E-state index < -0.39 is 10.0 Å². The number of rotatable bonds is 5. The van der Waals surface area contributed by atoms with E-state index in [1.165, 1.54) is 0 Å². The van der Waals surface area contributed by atoms with Crippen molar-refractivity contribution < 1.29 is 13.2 Å². The van der Waals surface area contributed by atoms with Crippen molar-refractivity contribution in [3.05, 3.63) is 59.7 Å². The molecule has 1 heterocycles. The van der Waals surface area contributed by atoms with Crippen LogP contribution in [0.4, 0.5) is 5.69 Å². The molecule has 0 spiro atoms. The monoisotopic (exact) mass is 400 g/mol. The first-order valence-corrected chi connectivity index (χ1v) is 10.6. The van der Waals surface area contributed by atoms with E-state index in [4.69, 9.17) is 5.73 Å². The van der Waals surface area contributed by atoms with Crippen molar-refractivity contribution in [1.82, 2.24) is 9.73 Å². The highest BCUT2D eigenvalue weighted by Crippen LogP contribution is 2.21. The lowest BCUT2D eigenvalue weighted by molar-refractivity contribution is 0.0955. The molecule has 7 nitrogen and oxygen atoms in total. The number of hydrogen-bond acceptors (Lipinski definition) is 5. The fourth-order valence-corrected chi connectivity index (χ4v) is 4.54. The van der Waals surface area contributed by atoms with Crippen LogP contribution in [-0.4, -0.2) is 37.4 Å². The normalized spacial score (nSPS) is 16.0. The minimum atomic E-state index is -3.46. The van der Waals surface area contributed by atoms with Crippen molar-refractivity contribution in [3.8, 4) is 0 Å². The first-order chi connectivity index (χ1) is 13.4. The fraction of sp³-hybridized carbons (Fsp3) is 0.300. The predicted molar refractivity (Wildman–Crippen MR) is 110 cm³/mol. The molecular weight excluding hydrogens is 376 g/mol. The van der Waals surface area contributed by atoms with Crippen molar-refractivity contribution >= 4 is 27.3 Å². The highest BCUT2D eigenvalue weighted by Gasteiger charge is 2.25. The van der Waals surface area contributed by atoms with Crippen LogP contribution in [0.5, 0.6) is 0 Å². The van der Waals surface area contributed by atoms with Gasteiger partial charge in [0.05, 0.1) is 10.6 Å². The summed E-state index contributed by atoms with van der Waals surface area (Å²) in [7, 11) is -3.46. The van der Waals surface area contributed by atoms with Crippen molar-refractivity contribution in [2.45, 2.75) is 31.1 Å². The summed E-state index contributed by atoms with van der Waals surface area (Å²) < 4.78 is 26.9. The molecule has 1 aliphatic rings. The number of carbonyl (C=O) groups excluding carboxylic acids is 1. The predicted octanol–water partition coefficient (Wildman–Crippen LogP) is 2.60. The van der Waals surface area contributed by atoms with Crippen molar-refractivity contribution in [1.29, 1.82) is 0 Å². The molecule has 1 fully saturated rings. The summed E-state index contributed by atoms with van der Waals surface area (Å²) in [6.07, 6.45) is 2.87. The van der Waals surface area contributed by atoms with Crippen LogP contribution >= 0.6 is 0 Å². The van der Waals surface area contributed by atoms with Gasteiger partial charge >= 0.3 is 0 Å². The van der Waals surface area contributed by atoms with Crippen LogP contribution in [0.3, 0.4) is 0 Å². The van der Waals surface area contributed by atoms with Gasteiger partial charge in [-0.25, -0.2) is 13.8 Å². The number of sulfonamides is 1. The Balaban J connectivity index is 1.69. The molecule has 3 N–H and O–H groups in total. The Morgan fingerprint density at radius 1 is 0.964 bits per heavy atom. The zero-order chi connectivity index (χ0) is 20.1. The van der Waals surface area contributed by atoms with Crippen LogP contribution in [0.15, 0.2) is 58.5 Å². The van der Waals surface area contributed by atoms with Gasteiger partial charge in [0.25, 0.3) is 5.91 Å². The van der Waals surface area contributed by atoms with E-state index in [0.29, 0.717) is 30.1 Å². The van der Waals surface area contributed by atoms with Crippen LogP contribution < -0.4 is 11.2 Å². The smallest absolute Gasteiger partial charge is 0.271 e. The summed E-state index contributed by atoms with van der Waals surface area (Å²) in [5.41, 5.74) is 10.4. The lowest BCUT2D eigenvalue weighted by atomic mass is 10.1. The number of piperidine rings is 1. The van der Waals surface area contributed by atoms with E-state index in [2.05, 4.69) is 10.5 Å². The molecule has 8 heteroatoms. The molecule has 2 aromatic carbocycles. The van der Waals surface area contributed by atoms with Gasteiger partial charge < -0.3 is 5.73 Å². The maximum absolute atomic E-state index is 12.7. The number of hydrazone groups is 1. The average Bonchev–Trinajstić information content (AvgIpc) is 2.73. The standard InChI is InChI=1S/C20H24N4O3S/c1-15(22-23-20(25)17-5-9-18(21)10-6-17)16-7-11-19(12-8-16)28(26,27)24-13-3-2-4-14-24/h5-12H,2-4,13-14,21H2,1H3,(H,23,25)/b22-15-. The molecule has 0 aliphatic carbocycles. The van der Waals surface area contributed by atoms with Crippen LogP contribution in [0, 0.1) is 0 Å². The highest BCUT2D eigenvalue weighted by molar-refractivity contribution is 7.89. The lowest BCUT2D eigenvalue weighted by Gasteiger charge is -2.25. The quantitative estimate of drug-likeness (QED) is 0.457. The number of nitrogens with zero attached hydrogens (tertiary/aromatic N) is 2. The van der Waals surface area contributed by atoms with Crippen LogP contribution in [0.1, 0.15) is 42.1 Å². The molecule has 0 aromatic heterocycles. The van der Waals surface area contributed by atoms with E-state index in [9.17, 15) is 13.2 Å². The zero-order valence-electron chi connectivity index (χ0n) is 15.8. The van der Waals surface area contributed by atoms with Gasteiger partial charge in [0.1, 0.15) is 0 Å². The van der Waals surface area contributed by atoms with E-state index in [1.54, 1.807) is 59.8 Å². The second-order valence-electron chi connectivity index (χ2n) is 6.75. The third-order valence-electron chi connectivity index (χ3n) is 4.72. The van der Waals surface area contributed by atoms with Crippen LogP contribution in [-0.2, 0) is 10.0 Å². The van der Waals surface area contributed by atoms with Gasteiger partial charge in [-0.15, -0.1) is 0 Å². The molecule has 0 unspecified atom stereocenters. The third kappa shape index (κ3) is 4.58. The molecule has 1 aliphatic heterocycles. The third-order valence-corrected chi connectivity index (χ3v) is 6.64. The topological polar surface area (TPSA) is 105 Å². The lowest BCUT2D eigenvalue weighted by Crippen LogP contribution is -2.35. The number of nitrogen functional groups attached to an aromatic ring is 1. The number of anilines is 1. The van der Waals surface area contributed by atoms with Gasteiger partial charge in [0.2, 0.25) is 10.0 Å². The first kappa shape index (κ1) is 20.0. The molecule has 148 valence electrons. The number of nitrogens with two attached hydrogens (primary N) is 1. The Morgan fingerprint density at radius 2 is 1.54 bits per heavy atom. The largest absolute Gasteiger partial charge is 0.399 e. The van der Waals surface area contributed by atoms with E-state index >= 15 is 0 Å². The summed E-state index contributed by atoms with van der Waals surface area (Å²) in [4.78, 5) is 12.4. The molecule has 3 rings (SSSR count). The van der Waals surface area contributed by atoms with Crippen molar-refractivity contribution in [2.24, 2.45) is 5.10 Å². The summed E-state index contributed by atoms with van der Waals surface area (Å²) in [6.45, 7) is 2.89. The second-order valence-corrected chi connectivity index (χ2v) is 8.69. The molecule has 0 saturated carbocycles.